The van der Waals surface area contributed by atoms with E-state index >= 15 is 0 Å². The Kier molecular flexibility index (Phi) is 3.33. The Hall–Kier alpha value is -0.830. The van der Waals surface area contributed by atoms with Crippen molar-refractivity contribution in [3.8, 4) is 0 Å². The zero-order chi connectivity index (χ0) is 11.7. The van der Waals surface area contributed by atoms with Crippen molar-refractivity contribution in [2.75, 3.05) is 0 Å². The molecule has 1 nitrogen and oxygen atoms in total. The molecule has 1 aromatic heterocycles. The molecule has 84 valence electrons. The van der Waals surface area contributed by atoms with Gasteiger partial charge in [0.05, 0.1) is 6.04 Å². The van der Waals surface area contributed by atoms with Crippen molar-refractivity contribution in [2.45, 2.75) is 19.9 Å². The average molecular weight is 252 g/mol. The molecule has 1 heterocycles. The van der Waals surface area contributed by atoms with Gasteiger partial charge in [-0.15, -0.1) is 11.3 Å². The van der Waals surface area contributed by atoms with Crippen LogP contribution in [0.15, 0.2) is 29.6 Å². The van der Waals surface area contributed by atoms with Crippen LogP contribution in [0.2, 0.25) is 5.02 Å². The number of hydrogen-bond acceptors (Lipinski definition) is 2. The van der Waals surface area contributed by atoms with Crippen molar-refractivity contribution in [1.29, 1.82) is 0 Å². The summed E-state index contributed by atoms with van der Waals surface area (Å²) in [6.07, 6.45) is 0. The van der Waals surface area contributed by atoms with Crippen molar-refractivity contribution < 1.29 is 0 Å². The third kappa shape index (κ3) is 2.29. The monoisotopic (exact) mass is 251 g/mol. The maximum absolute atomic E-state index is 6.24. The van der Waals surface area contributed by atoms with Crippen LogP contribution in [0.3, 0.4) is 0 Å². The summed E-state index contributed by atoms with van der Waals surface area (Å²) in [6, 6.07) is 7.94. The summed E-state index contributed by atoms with van der Waals surface area (Å²) < 4.78 is 0. The molecule has 0 spiro atoms. The van der Waals surface area contributed by atoms with Crippen molar-refractivity contribution in [2.24, 2.45) is 5.73 Å². The van der Waals surface area contributed by atoms with E-state index in [1.807, 2.05) is 25.1 Å². The lowest BCUT2D eigenvalue weighted by molar-refractivity contribution is 0.866. The van der Waals surface area contributed by atoms with E-state index in [0.29, 0.717) is 0 Å². The second-order valence-corrected chi connectivity index (χ2v) is 5.52. The highest BCUT2D eigenvalue weighted by atomic mass is 35.5. The third-order valence-corrected chi connectivity index (χ3v) is 3.79. The van der Waals surface area contributed by atoms with Gasteiger partial charge in [0, 0.05) is 9.90 Å². The van der Waals surface area contributed by atoms with Gasteiger partial charge in [0.1, 0.15) is 0 Å². The van der Waals surface area contributed by atoms with Gasteiger partial charge in [-0.05, 0) is 54.1 Å². The van der Waals surface area contributed by atoms with Crippen LogP contribution in [0.5, 0.6) is 0 Å². The molecule has 0 radical (unpaired) electrons. The number of aryl methyl sites for hydroxylation is 2. The van der Waals surface area contributed by atoms with Gasteiger partial charge in [0.25, 0.3) is 0 Å². The van der Waals surface area contributed by atoms with Crippen LogP contribution in [-0.4, -0.2) is 0 Å². The summed E-state index contributed by atoms with van der Waals surface area (Å²) in [6.45, 7) is 4.13. The van der Waals surface area contributed by atoms with E-state index in [1.54, 1.807) is 11.3 Å². The fourth-order valence-electron chi connectivity index (χ4n) is 1.79. The fraction of sp³-hybridized carbons (Fsp3) is 0.231. The van der Waals surface area contributed by atoms with Crippen molar-refractivity contribution in [3.63, 3.8) is 0 Å². The molecular formula is C13H14ClNS. The Balaban J connectivity index is 2.37. The molecule has 3 heteroatoms. The summed E-state index contributed by atoms with van der Waals surface area (Å²) in [5.41, 5.74) is 9.70. The Morgan fingerprint density at radius 1 is 1.25 bits per heavy atom. The first-order chi connectivity index (χ1) is 7.58. The van der Waals surface area contributed by atoms with Crippen LogP contribution in [0.4, 0.5) is 0 Å². The quantitative estimate of drug-likeness (QED) is 0.856. The second kappa shape index (κ2) is 4.58. The molecule has 0 aliphatic heterocycles. The van der Waals surface area contributed by atoms with Gasteiger partial charge in [-0.2, -0.15) is 0 Å². The van der Waals surface area contributed by atoms with Gasteiger partial charge in [0.15, 0.2) is 0 Å². The maximum Gasteiger partial charge on any atom is 0.0562 e. The molecule has 1 aromatic carbocycles. The van der Waals surface area contributed by atoms with Gasteiger partial charge < -0.3 is 5.73 Å². The minimum absolute atomic E-state index is 0.0535. The minimum atomic E-state index is -0.0535. The zero-order valence-corrected chi connectivity index (χ0v) is 10.9. The molecule has 0 saturated carbocycles. The average Bonchev–Trinajstić information content (AvgIpc) is 2.64. The van der Waals surface area contributed by atoms with Crippen LogP contribution in [0, 0.1) is 13.8 Å². The third-order valence-electron chi connectivity index (χ3n) is 2.68. The molecule has 0 saturated heterocycles. The van der Waals surface area contributed by atoms with Gasteiger partial charge in [-0.25, -0.2) is 0 Å². The molecule has 0 aliphatic rings. The number of hydrogen-bond donors (Lipinski definition) is 1. The molecule has 0 bridgehead atoms. The normalized spacial score (nSPS) is 12.8. The highest BCUT2D eigenvalue weighted by Crippen LogP contribution is 2.27. The van der Waals surface area contributed by atoms with E-state index < -0.39 is 0 Å². The zero-order valence-electron chi connectivity index (χ0n) is 9.33. The number of nitrogens with two attached hydrogens (primary N) is 1. The molecule has 2 aromatic rings. The standard InChI is InChI=1S/C13H14ClNS/c1-8-5-11(14)3-4-12(8)13(15)10-6-9(2)16-7-10/h3-7,13H,15H2,1-2H3. The lowest BCUT2D eigenvalue weighted by atomic mass is 9.97. The first kappa shape index (κ1) is 11.6. The van der Waals surface area contributed by atoms with Crippen LogP contribution in [-0.2, 0) is 0 Å². The molecule has 1 atom stereocenters. The minimum Gasteiger partial charge on any atom is -0.320 e. The van der Waals surface area contributed by atoms with E-state index in [0.717, 1.165) is 16.1 Å². The number of thiophene rings is 1. The van der Waals surface area contributed by atoms with E-state index in [-0.39, 0.29) is 6.04 Å². The van der Waals surface area contributed by atoms with Gasteiger partial charge in [-0.1, -0.05) is 17.7 Å². The van der Waals surface area contributed by atoms with Crippen molar-refractivity contribution in [3.05, 3.63) is 56.2 Å². The van der Waals surface area contributed by atoms with Crippen LogP contribution in [0.25, 0.3) is 0 Å². The Bertz CT molecular complexity index is 504. The van der Waals surface area contributed by atoms with Crippen LogP contribution in [0.1, 0.15) is 27.6 Å². The molecular weight excluding hydrogens is 238 g/mol. The largest absolute Gasteiger partial charge is 0.320 e. The molecule has 16 heavy (non-hydrogen) atoms. The summed E-state index contributed by atoms with van der Waals surface area (Å²) in [4.78, 5) is 1.29. The van der Waals surface area contributed by atoms with Gasteiger partial charge in [0.2, 0.25) is 0 Å². The topological polar surface area (TPSA) is 26.0 Å². The van der Waals surface area contributed by atoms with Gasteiger partial charge in [-0.3, -0.25) is 0 Å². The lowest BCUT2D eigenvalue weighted by Crippen LogP contribution is -2.12. The predicted molar refractivity (Wildman–Crippen MR) is 71.3 cm³/mol. The van der Waals surface area contributed by atoms with Crippen LogP contribution < -0.4 is 5.73 Å². The van der Waals surface area contributed by atoms with E-state index in [4.69, 9.17) is 17.3 Å². The second-order valence-electron chi connectivity index (χ2n) is 3.97. The lowest BCUT2D eigenvalue weighted by Gasteiger charge is -2.13. The molecule has 1 unspecified atom stereocenters. The molecule has 0 fully saturated rings. The molecule has 2 rings (SSSR count). The van der Waals surface area contributed by atoms with Crippen molar-refractivity contribution in [1.82, 2.24) is 0 Å². The maximum atomic E-state index is 6.24. The molecule has 0 aliphatic carbocycles. The SMILES string of the molecule is Cc1cc(C(N)c2ccc(Cl)cc2C)cs1. The highest BCUT2D eigenvalue weighted by molar-refractivity contribution is 7.10. The first-order valence-electron chi connectivity index (χ1n) is 5.14. The van der Waals surface area contributed by atoms with E-state index in [2.05, 4.69) is 18.4 Å². The number of halogens is 1. The number of benzene rings is 1. The Morgan fingerprint density at radius 3 is 2.56 bits per heavy atom. The van der Waals surface area contributed by atoms with E-state index in [1.165, 1.54) is 10.4 Å². The smallest absolute Gasteiger partial charge is 0.0562 e. The first-order valence-corrected chi connectivity index (χ1v) is 6.40. The summed E-state index contributed by atoms with van der Waals surface area (Å²) in [5, 5.41) is 2.88. The number of rotatable bonds is 2. The Morgan fingerprint density at radius 2 is 2.00 bits per heavy atom. The van der Waals surface area contributed by atoms with Crippen LogP contribution >= 0.6 is 22.9 Å². The fourth-order valence-corrected chi connectivity index (χ4v) is 2.76. The highest BCUT2D eigenvalue weighted by Gasteiger charge is 2.12. The predicted octanol–water partition coefficient (Wildman–Crippen LogP) is 4.07. The molecule has 2 N–H and O–H groups in total. The summed E-state index contributed by atoms with van der Waals surface area (Å²) in [5.74, 6) is 0. The Labute approximate surface area is 105 Å². The van der Waals surface area contributed by atoms with Gasteiger partial charge >= 0.3 is 0 Å². The van der Waals surface area contributed by atoms with E-state index in [9.17, 15) is 0 Å². The van der Waals surface area contributed by atoms with Crippen molar-refractivity contribution >= 4 is 22.9 Å². The summed E-state index contributed by atoms with van der Waals surface area (Å²) >= 11 is 7.66. The molecule has 0 amide bonds. The summed E-state index contributed by atoms with van der Waals surface area (Å²) in [7, 11) is 0.